The number of rotatable bonds is 6. The first kappa shape index (κ1) is 21.0. The van der Waals surface area contributed by atoms with Crippen molar-refractivity contribution in [2.24, 2.45) is 17.8 Å². The fourth-order valence-electron chi connectivity index (χ4n) is 6.38. The Hall–Kier alpha value is -1.86. The first-order valence-electron chi connectivity index (χ1n) is 11.1. The normalized spacial score (nSPS) is 32.7. The van der Waals surface area contributed by atoms with Gasteiger partial charge in [-0.15, -0.1) is 0 Å². The molecule has 1 aliphatic heterocycles. The van der Waals surface area contributed by atoms with Crippen LogP contribution < -0.4 is 10.1 Å². The predicted octanol–water partition coefficient (Wildman–Crippen LogP) is 4.37. The van der Waals surface area contributed by atoms with Gasteiger partial charge in [0.1, 0.15) is 10.1 Å². The quantitative estimate of drug-likeness (QED) is 0.509. The van der Waals surface area contributed by atoms with Crippen molar-refractivity contribution in [1.29, 1.82) is 0 Å². The monoisotopic (exact) mass is 456 g/mol. The van der Waals surface area contributed by atoms with Crippen molar-refractivity contribution in [3.63, 3.8) is 0 Å². The molecule has 4 bridgehead atoms. The number of amides is 2. The number of thiocarbonyl (C=S) groups is 1. The van der Waals surface area contributed by atoms with Crippen LogP contribution in [0.1, 0.15) is 50.5 Å². The summed E-state index contributed by atoms with van der Waals surface area (Å²) in [6.45, 7) is 0.336. The molecule has 0 aromatic heterocycles. The van der Waals surface area contributed by atoms with Gasteiger partial charge in [-0.25, -0.2) is 0 Å². The van der Waals surface area contributed by atoms with E-state index in [0.717, 1.165) is 48.3 Å². The lowest BCUT2D eigenvalue weighted by Gasteiger charge is -2.57. The van der Waals surface area contributed by atoms with Crippen LogP contribution in [-0.4, -0.2) is 40.2 Å². The molecular weight excluding hydrogens is 428 g/mol. The summed E-state index contributed by atoms with van der Waals surface area (Å²) < 4.78 is 5.70. The molecule has 1 aromatic carbocycles. The van der Waals surface area contributed by atoms with Gasteiger partial charge >= 0.3 is 0 Å². The third-order valence-electron chi connectivity index (χ3n) is 7.29. The average molecular weight is 457 g/mol. The maximum atomic E-state index is 12.9. The average Bonchev–Trinajstić information content (AvgIpc) is 2.98. The second kappa shape index (κ2) is 8.24. The summed E-state index contributed by atoms with van der Waals surface area (Å²) in [6.07, 6.45) is 9.60. The zero-order chi connectivity index (χ0) is 21.6. The van der Waals surface area contributed by atoms with Gasteiger partial charge in [-0.1, -0.05) is 36.1 Å². The van der Waals surface area contributed by atoms with Gasteiger partial charge in [-0.2, -0.15) is 0 Å². The van der Waals surface area contributed by atoms with Crippen LogP contribution in [-0.2, 0) is 9.59 Å². The number of hydrogen-bond acceptors (Lipinski definition) is 5. The zero-order valence-corrected chi connectivity index (χ0v) is 19.4. The van der Waals surface area contributed by atoms with Gasteiger partial charge in [0, 0.05) is 18.5 Å². The van der Waals surface area contributed by atoms with E-state index < -0.39 is 0 Å². The summed E-state index contributed by atoms with van der Waals surface area (Å²) in [5.41, 5.74) is 0.927. The molecule has 5 fully saturated rings. The van der Waals surface area contributed by atoms with E-state index in [4.69, 9.17) is 17.0 Å². The van der Waals surface area contributed by atoms with Gasteiger partial charge in [0.15, 0.2) is 0 Å². The maximum absolute atomic E-state index is 12.9. The molecule has 0 radical (unpaired) electrons. The smallest absolute Gasteiger partial charge is 0.266 e. The van der Waals surface area contributed by atoms with Crippen molar-refractivity contribution in [3.8, 4) is 5.75 Å². The Labute approximate surface area is 193 Å². The van der Waals surface area contributed by atoms with E-state index in [1.807, 2.05) is 30.3 Å². The first-order chi connectivity index (χ1) is 14.9. The van der Waals surface area contributed by atoms with Crippen LogP contribution in [0.4, 0.5) is 0 Å². The van der Waals surface area contributed by atoms with Crippen LogP contribution in [0.2, 0.25) is 0 Å². The molecule has 1 heterocycles. The molecule has 0 unspecified atom stereocenters. The molecule has 1 N–H and O–H groups in total. The molecule has 0 atom stereocenters. The number of methoxy groups -OCH3 is 1. The number of benzene rings is 1. The fraction of sp³-hybridized carbons (Fsp3) is 0.542. The fourth-order valence-corrected chi connectivity index (χ4v) is 7.69. The highest BCUT2D eigenvalue weighted by atomic mass is 32.2. The van der Waals surface area contributed by atoms with E-state index in [-0.39, 0.29) is 17.4 Å². The minimum atomic E-state index is -0.117. The molecule has 164 valence electrons. The van der Waals surface area contributed by atoms with Gasteiger partial charge < -0.3 is 10.1 Å². The molecule has 4 saturated carbocycles. The van der Waals surface area contributed by atoms with Crippen LogP contribution >= 0.6 is 24.0 Å². The minimum Gasteiger partial charge on any atom is -0.497 e. The summed E-state index contributed by atoms with van der Waals surface area (Å²) in [5, 5.41) is 3.39. The number of ether oxygens (including phenoxy) is 1. The van der Waals surface area contributed by atoms with Gasteiger partial charge in [0.2, 0.25) is 5.91 Å². The summed E-state index contributed by atoms with van der Waals surface area (Å²) in [4.78, 5) is 27.8. The minimum absolute atomic E-state index is 0.00946. The maximum Gasteiger partial charge on any atom is 0.266 e. The van der Waals surface area contributed by atoms with E-state index in [1.165, 1.54) is 31.0 Å². The molecule has 0 spiro atoms. The standard InChI is InChI=1S/C24H28N2O3S2/c1-29-19-4-2-15(3-5-19)11-20-22(28)26(23(30)31-20)7-6-21(27)25-24-12-16-8-17(13-24)10-18(9-16)14-24/h2-5,11,16-18H,6-10,12-14H2,1H3,(H,25,27)/b20-11-. The lowest BCUT2D eigenvalue weighted by atomic mass is 9.53. The van der Waals surface area contributed by atoms with Crippen molar-refractivity contribution in [3.05, 3.63) is 34.7 Å². The summed E-state index contributed by atoms with van der Waals surface area (Å²) in [5.74, 6) is 3.09. The van der Waals surface area contributed by atoms with Crippen molar-refractivity contribution in [1.82, 2.24) is 10.2 Å². The number of carbonyl (C=O) groups excluding carboxylic acids is 2. The van der Waals surface area contributed by atoms with Gasteiger partial charge in [0.25, 0.3) is 5.91 Å². The van der Waals surface area contributed by atoms with Crippen LogP contribution in [0.25, 0.3) is 6.08 Å². The molecule has 5 aliphatic rings. The van der Waals surface area contributed by atoms with Crippen molar-refractivity contribution in [2.45, 2.75) is 50.5 Å². The Balaban J connectivity index is 1.18. The Morgan fingerprint density at radius 1 is 1.19 bits per heavy atom. The molecule has 2 amide bonds. The lowest BCUT2D eigenvalue weighted by molar-refractivity contribution is -0.127. The molecule has 7 heteroatoms. The highest BCUT2D eigenvalue weighted by Gasteiger charge is 2.51. The largest absolute Gasteiger partial charge is 0.497 e. The SMILES string of the molecule is COc1ccc(/C=C2\SC(=S)N(CCC(=O)NC34CC5CC(CC(C5)C3)C4)C2=O)cc1. The van der Waals surface area contributed by atoms with Crippen LogP contribution in [0.3, 0.4) is 0 Å². The first-order valence-corrected chi connectivity index (χ1v) is 12.4. The summed E-state index contributed by atoms with van der Waals surface area (Å²) in [7, 11) is 1.62. The summed E-state index contributed by atoms with van der Waals surface area (Å²) in [6, 6.07) is 7.54. The molecular formula is C24H28N2O3S2. The topological polar surface area (TPSA) is 58.6 Å². The van der Waals surface area contributed by atoms with E-state index in [1.54, 1.807) is 12.0 Å². The van der Waals surface area contributed by atoms with Crippen molar-refractivity contribution >= 4 is 46.2 Å². The summed E-state index contributed by atoms with van der Waals surface area (Å²) >= 11 is 6.73. The number of nitrogens with zero attached hydrogens (tertiary/aromatic N) is 1. The van der Waals surface area contributed by atoms with Crippen LogP contribution in [0.15, 0.2) is 29.2 Å². The number of nitrogens with one attached hydrogen (secondary N) is 1. The van der Waals surface area contributed by atoms with E-state index >= 15 is 0 Å². The van der Waals surface area contributed by atoms with E-state index in [9.17, 15) is 9.59 Å². The number of thioether (sulfide) groups is 1. The van der Waals surface area contributed by atoms with Crippen LogP contribution in [0.5, 0.6) is 5.75 Å². The zero-order valence-electron chi connectivity index (χ0n) is 17.8. The highest BCUT2D eigenvalue weighted by Crippen LogP contribution is 2.55. The van der Waals surface area contributed by atoms with Crippen molar-refractivity contribution in [2.75, 3.05) is 13.7 Å². The lowest BCUT2D eigenvalue weighted by Crippen LogP contribution is -2.60. The van der Waals surface area contributed by atoms with Gasteiger partial charge in [0.05, 0.1) is 12.0 Å². The second-order valence-electron chi connectivity index (χ2n) is 9.60. The Bertz CT molecular complexity index is 905. The second-order valence-corrected chi connectivity index (χ2v) is 11.3. The number of carbonyl (C=O) groups is 2. The van der Waals surface area contributed by atoms with Gasteiger partial charge in [-0.3, -0.25) is 14.5 Å². The third-order valence-corrected chi connectivity index (χ3v) is 8.67. The molecule has 1 saturated heterocycles. The van der Waals surface area contributed by atoms with Gasteiger partial charge in [-0.05, 0) is 80.1 Å². The van der Waals surface area contributed by atoms with E-state index in [0.29, 0.717) is 22.2 Å². The molecule has 6 rings (SSSR count). The predicted molar refractivity (Wildman–Crippen MR) is 127 cm³/mol. The Morgan fingerprint density at radius 3 is 2.39 bits per heavy atom. The third kappa shape index (κ3) is 4.27. The molecule has 5 nitrogen and oxygen atoms in total. The Kier molecular flexibility index (Phi) is 5.59. The van der Waals surface area contributed by atoms with Crippen molar-refractivity contribution < 1.29 is 14.3 Å². The molecule has 1 aromatic rings. The Morgan fingerprint density at radius 2 is 1.81 bits per heavy atom. The van der Waals surface area contributed by atoms with Crippen LogP contribution in [0, 0.1) is 17.8 Å². The molecule has 4 aliphatic carbocycles. The number of hydrogen-bond donors (Lipinski definition) is 1. The van der Waals surface area contributed by atoms with E-state index in [2.05, 4.69) is 5.32 Å². The highest BCUT2D eigenvalue weighted by molar-refractivity contribution is 8.26. The molecule has 31 heavy (non-hydrogen) atoms.